The summed E-state index contributed by atoms with van der Waals surface area (Å²) < 4.78 is 5.40. The van der Waals surface area contributed by atoms with Crippen LogP contribution >= 0.6 is 0 Å². The summed E-state index contributed by atoms with van der Waals surface area (Å²) in [5.41, 5.74) is 0.768. The maximum Gasteiger partial charge on any atom is 0.415 e. The van der Waals surface area contributed by atoms with Crippen LogP contribution in [-0.4, -0.2) is 48.6 Å². The fourth-order valence-corrected chi connectivity index (χ4v) is 1.59. The Labute approximate surface area is 115 Å². The third-order valence-corrected chi connectivity index (χ3v) is 2.67. The molecule has 0 spiro atoms. The highest BCUT2D eigenvalue weighted by molar-refractivity contribution is 5.70. The van der Waals surface area contributed by atoms with E-state index in [1.165, 1.54) is 0 Å². The highest BCUT2D eigenvalue weighted by Crippen LogP contribution is 2.17. The van der Waals surface area contributed by atoms with Gasteiger partial charge in [-0.2, -0.15) is 0 Å². The quantitative estimate of drug-likeness (QED) is 0.792. The number of nitrogens with zero attached hydrogens (tertiary/aromatic N) is 3. The smallest absolute Gasteiger partial charge is 0.408 e. The number of amides is 1. The van der Waals surface area contributed by atoms with Crippen LogP contribution < -0.4 is 4.74 Å². The van der Waals surface area contributed by atoms with Crippen molar-refractivity contribution in [3.8, 4) is 5.75 Å². The predicted molar refractivity (Wildman–Crippen MR) is 75.2 cm³/mol. The summed E-state index contributed by atoms with van der Waals surface area (Å²) in [6, 6.07) is 3.55. The summed E-state index contributed by atoms with van der Waals surface area (Å²) >= 11 is 0. The fourth-order valence-electron chi connectivity index (χ4n) is 1.59. The summed E-state index contributed by atoms with van der Waals surface area (Å²) in [5, 5.41) is 0. The first-order chi connectivity index (χ1) is 9.04. The molecule has 0 bridgehead atoms. The van der Waals surface area contributed by atoms with Gasteiger partial charge >= 0.3 is 6.09 Å². The van der Waals surface area contributed by atoms with E-state index in [0.29, 0.717) is 18.8 Å². The van der Waals surface area contributed by atoms with E-state index < -0.39 is 0 Å². The van der Waals surface area contributed by atoms with Crippen LogP contribution in [0.25, 0.3) is 0 Å². The molecule has 1 amide bonds. The standard InChI is InChI=1S/C14H23N3O2/c1-5-6-10-17(4)14(18)19-13-8-7-9-15-12(13)11-16(2)3/h7-9H,5-6,10-11H2,1-4H3. The SMILES string of the molecule is CCCCN(C)C(=O)Oc1cccnc1CN(C)C. The minimum absolute atomic E-state index is 0.332. The van der Waals surface area contributed by atoms with Gasteiger partial charge in [-0.3, -0.25) is 4.98 Å². The van der Waals surface area contributed by atoms with E-state index in [0.717, 1.165) is 18.5 Å². The lowest BCUT2D eigenvalue weighted by atomic mass is 10.3. The summed E-state index contributed by atoms with van der Waals surface area (Å²) in [6.07, 6.45) is 3.40. The number of carbonyl (C=O) groups is 1. The molecule has 0 fully saturated rings. The van der Waals surface area contributed by atoms with Crippen LogP contribution in [0.4, 0.5) is 4.79 Å². The molecule has 0 aromatic carbocycles. The average molecular weight is 265 g/mol. The van der Waals surface area contributed by atoms with Gasteiger partial charge in [0, 0.05) is 26.3 Å². The maximum absolute atomic E-state index is 11.9. The average Bonchev–Trinajstić information content (AvgIpc) is 2.37. The zero-order chi connectivity index (χ0) is 14.3. The molecule has 0 saturated heterocycles. The lowest BCUT2D eigenvalue weighted by Crippen LogP contribution is -2.31. The molecule has 19 heavy (non-hydrogen) atoms. The summed E-state index contributed by atoms with van der Waals surface area (Å²) in [4.78, 5) is 19.8. The van der Waals surface area contributed by atoms with Crippen LogP contribution in [0.15, 0.2) is 18.3 Å². The second kappa shape index (κ2) is 7.74. The molecule has 106 valence electrons. The number of aromatic nitrogens is 1. The Balaban J connectivity index is 2.68. The van der Waals surface area contributed by atoms with E-state index >= 15 is 0 Å². The molecule has 0 atom stereocenters. The summed E-state index contributed by atoms with van der Waals surface area (Å²) in [7, 11) is 5.65. The van der Waals surface area contributed by atoms with E-state index in [1.54, 1.807) is 30.3 Å². The van der Waals surface area contributed by atoms with Gasteiger partial charge in [0.1, 0.15) is 0 Å². The van der Waals surface area contributed by atoms with Gasteiger partial charge in [0.05, 0.1) is 5.69 Å². The van der Waals surface area contributed by atoms with Crippen LogP contribution in [0.1, 0.15) is 25.5 Å². The second-order valence-corrected chi connectivity index (χ2v) is 4.83. The van der Waals surface area contributed by atoms with Gasteiger partial charge in [0.2, 0.25) is 0 Å². The highest BCUT2D eigenvalue weighted by Gasteiger charge is 2.14. The maximum atomic E-state index is 11.9. The van der Waals surface area contributed by atoms with Gasteiger partial charge in [-0.15, -0.1) is 0 Å². The summed E-state index contributed by atoms with van der Waals surface area (Å²) in [6.45, 7) is 3.44. The van der Waals surface area contributed by atoms with Gasteiger partial charge in [-0.25, -0.2) is 4.79 Å². The van der Waals surface area contributed by atoms with Crippen LogP contribution in [0.3, 0.4) is 0 Å². The lowest BCUT2D eigenvalue weighted by Gasteiger charge is -2.18. The number of pyridine rings is 1. The van der Waals surface area contributed by atoms with Crippen molar-refractivity contribution in [2.45, 2.75) is 26.3 Å². The van der Waals surface area contributed by atoms with Crippen molar-refractivity contribution in [3.63, 3.8) is 0 Å². The Kier molecular flexibility index (Phi) is 6.29. The van der Waals surface area contributed by atoms with Gasteiger partial charge in [0.15, 0.2) is 5.75 Å². The number of ether oxygens (including phenoxy) is 1. The normalized spacial score (nSPS) is 10.6. The van der Waals surface area contributed by atoms with Crippen molar-refractivity contribution in [3.05, 3.63) is 24.0 Å². The van der Waals surface area contributed by atoms with Crippen molar-refractivity contribution in [2.24, 2.45) is 0 Å². The zero-order valence-electron chi connectivity index (χ0n) is 12.2. The molecule has 0 N–H and O–H groups in total. The van der Waals surface area contributed by atoms with Crippen LogP contribution in [-0.2, 0) is 6.54 Å². The van der Waals surface area contributed by atoms with Crippen LogP contribution in [0.5, 0.6) is 5.75 Å². The molecule has 0 radical (unpaired) electrons. The van der Waals surface area contributed by atoms with E-state index in [4.69, 9.17) is 4.74 Å². The molecule has 1 rings (SSSR count). The Morgan fingerprint density at radius 2 is 2.11 bits per heavy atom. The molecule has 5 heteroatoms. The number of unbranched alkanes of at least 4 members (excludes halogenated alkanes) is 1. The van der Waals surface area contributed by atoms with Crippen molar-refractivity contribution in [1.82, 2.24) is 14.8 Å². The molecule has 1 aromatic rings. The van der Waals surface area contributed by atoms with Gasteiger partial charge in [0.25, 0.3) is 0 Å². The van der Waals surface area contributed by atoms with Gasteiger partial charge in [-0.05, 0) is 32.6 Å². The Hall–Kier alpha value is -1.62. The minimum Gasteiger partial charge on any atom is -0.408 e. The molecule has 5 nitrogen and oxygen atoms in total. The van der Waals surface area contributed by atoms with Gasteiger partial charge < -0.3 is 14.5 Å². The topological polar surface area (TPSA) is 45.7 Å². The highest BCUT2D eigenvalue weighted by atomic mass is 16.6. The molecule has 0 saturated carbocycles. The minimum atomic E-state index is -0.332. The number of hydrogen-bond donors (Lipinski definition) is 0. The largest absolute Gasteiger partial charge is 0.415 e. The molecule has 0 aliphatic rings. The van der Waals surface area contributed by atoms with Crippen LogP contribution in [0.2, 0.25) is 0 Å². The molecule has 0 aliphatic heterocycles. The number of rotatable bonds is 6. The molecular formula is C14H23N3O2. The van der Waals surface area contributed by atoms with E-state index in [2.05, 4.69) is 11.9 Å². The Morgan fingerprint density at radius 1 is 1.37 bits per heavy atom. The molecule has 0 unspecified atom stereocenters. The monoisotopic (exact) mass is 265 g/mol. The van der Waals surface area contributed by atoms with Crippen molar-refractivity contribution in [1.29, 1.82) is 0 Å². The molecule has 1 aromatic heterocycles. The van der Waals surface area contributed by atoms with Crippen molar-refractivity contribution < 1.29 is 9.53 Å². The molecule has 0 aliphatic carbocycles. The lowest BCUT2D eigenvalue weighted by molar-refractivity contribution is 0.161. The van der Waals surface area contributed by atoms with Crippen molar-refractivity contribution in [2.75, 3.05) is 27.7 Å². The number of carbonyl (C=O) groups excluding carboxylic acids is 1. The first-order valence-electron chi connectivity index (χ1n) is 6.56. The number of hydrogen-bond acceptors (Lipinski definition) is 4. The third kappa shape index (κ3) is 5.26. The van der Waals surface area contributed by atoms with E-state index in [1.807, 2.05) is 19.0 Å². The predicted octanol–water partition coefficient (Wildman–Crippen LogP) is 2.37. The Bertz CT molecular complexity index is 407. The first kappa shape index (κ1) is 15.4. The zero-order valence-corrected chi connectivity index (χ0v) is 12.2. The van der Waals surface area contributed by atoms with Crippen molar-refractivity contribution >= 4 is 6.09 Å². The Morgan fingerprint density at radius 3 is 2.74 bits per heavy atom. The second-order valence-electron chi connectivity index (χ2n) is 4.83. The van der Waals surface area contributed by atoms with Crippen LogP contribution in [0, 0.1) is 0 Å². The van der Waals surface area contributed by atoms with E-state index in [9.17, 15) is 4.79 Å². The first-order valence-corrected chi connectivity index (χ1v) is 6.56. The third-order valence-electron chi connectivity index (χ3n) is 2.67. The molecule has 1 heterocycles. The van der Waals surface area contributed by atoms with E-state index in [-0.39, 0.29) is 6.09 Å². The van der Waals surface area contributed by atoms with Gasteiger partial charge in [-0.1, -0.05) is 13.3 Å². The summed E-state index contributed by atoms with van der Waals surface area (Å²) in [5.74, 6) is 0.532. The molecular weight excluding hydrogens is 242 g/mol. The fraction of sp³-hybridized carbons (Fsp3) is 0.571.